The molecule has 3 aromatic heterocycles. The Morgan fingerprint density at radius 1 is 0.548 bits per heavy atom. The predicted octanol–water partition coefficient (Wildman–Crippen LogP) is 11.0. The van der Waals surface area contributed by atoms with Crippen LogP contribution < -0.4 is 5.73 Å². The number of aromatic nitrogens is 3. The molecule has 7 aromatic rings. The van der Waals surface area contributed by atoms with Crippen molar-refractivity contribution in [3.05, 3.63) is 153 Å². The molecule has 8 heteroatoms. The SMILES string of the molecule is Brc1ccccc1-c1ccccc1Br.Clc1cc(-n2c3ccccc3c3ccccc32)ccn1.Nc1ccnc(Cl)c1. The molecule has 0 radical (unpaired) electrons. The number of benzene rings is 4. The van der Waals surface area contributed by atoms with Crippen LogP contribution in [0, 0.1) is 0 Å². The number of nitrogens with zero attached hydrogens (tertiary/aromatic N) is 3. The maximum atomic E-state index is 6.04. The standard InChI is InChI=1S/C17H11ClN2.C12H8Br2.C5H5ClN2/c18-17-11-12(9-10-19-17)20-15-7-3-1-5-13(15)14-6-2-4-8-16(14)20;13-11-7-3-1-5-9(11)10-6-2-4-8-12(10)14;6-5-3-4(7)1-2-8-5/h1-11H;1-8H;1-3H,(H2,7,8). The molecule has 0 unspecified atom stereocenters. The molecule has 7 rings (SSSR count). The van der Waals surface area contributed by atoms with E-state index in [2.05, 4.69) is 119 Å². The molecule has 0 aliphatic carbocycles. The van der Waals surface area contributed by atoms with Crippen LogP contribution in [0.3, 0.4) is 0 Å². The molecule has 0 saturated heterocycles. The molecule has 0 aliphatic heterocycles. The lowest BCUT2D eigenvalue weighted by atomic mass is 10.1. The van der Waals surface area contributed by atoms with Crippen molar-refractivity contribution < 1.29 is 0 Å². The zero-order chi connectivity index (χ0) is 29.5. The highest BCUT2D eigenvalue weighted by Gasteiger charge is 2.11. The van der Waals surface area contributed by atoms with Crippen molar-refractivity contribution in [2.45, 2.75) is 0 Å². The zero-order valence-electron chi connectivity index (χ0n) is 22.1. The van der Waals surface area contributed by atoms with Gasteiger partial charge < -0.3 is 10.3 Å². The van der Waals surface area contributed by atoms with Gasteiger partial charge in [0.05, 0.1) is 16.7 Å². The minimum Gasteiger partial charge on any atom is -0.399 e. The van der Waals surface area contributed by atoms with E-state index in [4.69, 9.17) is 28.9 Å². The summed E-state index contributed by atoms with van der Waals surface area (Å²) in [5.74, 6) is 0. The lowest BCUT2D eigenvalue weighted by Gasteiger charge is -2.07. The minimum absolute atomic E-state index is 0.435. The van der Waals surface area contributed by atoms with Crippen molar-refractivity contribution in [3.63, 3.8) is 0 Å². The van der Waals surface area contributed by atoms with Gasteiger partial charge in [0.25, 0.3) is 0 Å². The van der Waals surface area contributed by atoms with E-state index in [9.17, 15) is 0 Å². The largest absolute Gasteiger partial charge is 0.399 e. The Kier molecular flexibility index (Phi) is 9.93. The average molecular weight is 719 g/mol. The topological polar surface area (TPSA) is 56.7 Å². The Morgan fingerprint density at radius 2 is 1.00 bits per heavy atom. The van der Waals surface area contributed by atoms with Gasteiger partial charge >= 0.3 is 0 Å². The van der Waals surface area contributed by atoms with E-state index >= 15 is 0 Å². The van der Waals surface area contributed by atoms with Crippen molar-refractivity contribution in [3.8, 4) is 16.8 Å². The van der Waals surface area contributed by atoms with Gasteiger partial charge in [-0.2, -0.15) is 0 Å². The minimum atomic E-state index is 0.435. The summed E-state index contributed by atoms with van der Waals surface area (Å²) >= 11 is 18.6. The summed E-state index contributed by atoms with van der Waals surface area (Å²) in [6.07, 6.45) is 3.30. The molecule has 0 atom stereocenters. The number of para-hydroxylation sites is 2. The molecule has 0 fully saturated rings. The Bertz CT molecular complexity index is 1860. The van der Waals surface area contributed by atoms with Crippen molar-refractivity contribution in [1.82, 2.24) is 14.5 Å². The first-order valence-electron chi connectivity index (χ1n) is 12.9. The monoisotopic (exact) mass is 716 g/mol. The van der Waals surface area contributed by atoms with E-state index in [1.807, 2.05) is 36.4 Å². The summed E-state index contributed by atoms with van der Waals surface area (Å²) in [6.45, 7) is 0. The first-order chi connectivity index (χ1) is 20.4. The first kappa shape index (κ1) is 29.8. The molecule has 0 spiro atoms. The van der Waals surface area contributed by atoms with Crippen molar-refractivity contribution >= 4 is 82.6 Å². The molecule has 4 aromatic carbocycles. The van der Waals surface area contributed by atoms with Gasteiger partial charge in [-0.15, -0.1) is 0 Å². The van der Waals surface area contributed by atoms with Gasteiger partial charge in [0.1, 0.15) is 10.3 Å². The highest BCUT2D eigenvalue weighted by atomic mass is 79.9. The van der Waals surface area contributed by atoms with Crippen LogP contribution in [-0.2, 0) is 0 Å². The van der Waals surface area contributed by atoms with Crippen LogP contribution in [0.15, 0.2) is 143 Å². The number of fused-ring (bicyclic) bond motifs is 3. The van der Waals surface area contributed by atoms with E-state index in [1.165, 1.54) is 32.9 Å². The first-order valence-corrected chi connectivity index (χ1v) is 15.2. The Balaban J connectivity index is 0.000000139. The van der Waals surface area contributed by atoms with Crippen LogP contribution in [0.4, 0.5) is 5.69 Å². The fourth-order valence-corrected chi connectivity index (χ4v) is 5.86. The van der Waals surface area contributed by atoms with Crippen molar-refractivity contribution in [2.75, 3.05) is 5.73 Å². The van der Waals surface area contributed by atoms with Crippen molar-refractivity contribution in [1.29, 1.82) is 0 Å². The number of hydrogen-bond acceptors (Lipinski definition) is 3. The second-order valence-corrected chi connectivity index (χ2v) is 11.6. The number of rotatable bonds is 2. The summed E-state index contributed by atoms with van der Waals surface area (Å²) in [6, 6.07) is 40.4. The molecule has 3 heterocycles. The van der Waals surface area contributed by atoms with E-state index in [-0.39, 0.29) is 0 Å². The third kappa shape index (κ3) is 7.02. The van der Waals surface area contributed by atoms with Crippen LogP contribution >= 0.6 is 55.1 Å². The lowest BCUT2D eigenvalue weighted by molar-refractivity contribution is 1.16. The number of halogens is 4. The van der Waals surface area contributed by atoms with Gasteiger partial charge in [-0.25, -0.2) is 9.97 Å². The summed E-state index contributed by atoms with van der Waals surface area (Å²) < 4.78 is 4.46. The van der Waals surface area contributed by atoms with Gasteiger partial charge in [0.15, 0.2) is 0 Å². The van der Waals surface area contributed by atoms with E-state index in [0.29, 0.717) is 16.0 Å². The molecule has 0 aliphatic rings. The third-order valence-electron chi connectivity index (χ3n) is 6.34. The summed E-state index contributed by atoms with van der Waals surface area (Å²) in [7, 11) is 0. The summed E-state index contributed by atoms with van der Waals surface area (Å²) in [4.78, 5) is 7.79. The summed E-state index contributed by atoms with van der Waals surface area (Å²) in [5.41, 5.74) is 11.8. The molecular weight excluding hydrogens is 695 g/mol. The number of hydrogen-bond donors (Lipinski definition) is 1. The maximum absolute atomic E-state index is 6.04. The van der Waals surface area contributed by atoms with E-state index in [0.717, 1.165) is 14.6 Å². The van der Waals surface area contributed by atoms with Crippen LogP contribution in [0.2, 0.25) is 10.3 Å². The third-order valence-corrected chi connectivity index (χ3v) is 8.13. The van der Waals surface area contributed by atoms with Gasteiger partial charge in [0, 0.05) is 37.8 Å². The lowest BCUT2D eigenvalue weighted by Crippen LogP contribution is -1.93. The smallest absolute Gasteiger partial charge is 0.131 e. The fourth-order valence-electron chi connectivity index (χ4n) is 4.51. The molecule has 42 heavy (non-hydrogen) atoms. The molecule has 0 amide bonds. The quantitative estimate of drug-likeness (QED) is 0.181. The Morgan fingerprint density at radius 3 is 1.45 bits per heavy atom. The Hall–Kier alpha value is -3.68. The maximum Gasteiger partial charge on any atom is 0.131 e. The van der Waals surface area contributed by atoms with Gasteiger partial charge in [0.2, 0.25) is 0 Å². The molecule has 2 N–H and O–H groups in total. The van der Waals surface area contributed by atoms with Crippen molar-refractivity contribution in [2.24, 2.45) is 0 Å². The average Bonchev–Trinajstić information content (AvgIpc) is 3.33. The van der Waals surface area contributed by atoms with Gasteiger partial charge in [-0.05, 0) is 59.7 Å². The van der Waals surface area contributed by atoms with E-state index in [1.54, 1.807) is 24.5 Å². The Labute approximate surface area is 271 Å². The normalized spacial score (nSPS) is 10.5. The fraction of sp³-hybridized carbons (Fsp3) is 0. The van der Waals surface area contributed by atoms with Crippen LogP contribution in [0.5, 0.6) is 0 Å². The molecular formula is C34H24Br2Cl2N4. The molecule has 0 bridgehead atoms. The van der Waals surface area contributed by atoms with E-state index < -0.39 is 0 Å². The molecule has 4 nitrogen and oxygen atoms in total. The second-order valence-electron chi connectivity index (χ2n) is 9.08. The van der Waals surface area contributed by atoms with Gasteiger partial charge in [-0.1, -0.05) is 128 Å². The van der Waals surface area contributed by atoms with Crippen LogP contribution in [0.1, 0.15) is 0 Å². The zero-order valence-corrected chi connectivity index (χ0v) is 26.8. The predicted molar refractivity (Wildman–Crippen MR) is 185 cm³/mol. The highest BCUT2D eigenvalue weighted by molar-refractivity contribution is 9.11. The number of anilines is 1. The summed E-state index contributed by atoms with van der Waals surface area (Å²) in [5, 5.41) is 3.43. The molecule has 208 valence electrons. The van der Waals surface area contributed by atoms with Gasteiger partial charge in [-0.3, -0.25) is 0 Å². The van der Waals surface area contributed by atoms with Crippen LogP contribution in [-0.4, -0.2) is 14.5 Å². The molecule has 0 saturated carbocycles. The number of nitrogens with two attached hydrogens (primary N) is 1. The number of nitrogen functional groups attached to an aromatic ring is 1. The van der Waals surface area contributed by atoms with Crippen LogP contribution in [0.25, 0.3) is 38.6 Å². The number of pyridine rings is 2. The highest BCUT2D eigenvalue weighted by Crippen LogP contribution is 2.33. The second kappa shape index (κ2) is 14.0.